The zero-order chi connectivity index (χ0) is 31.4. The monoisotopic (exact) mass is 639 g/mol. The molecule has 3 rings (SSSR count). The first-order chi connectivity index (χ1) is 20.7. The molecule has 1 saturated heterocycles. The first-order valence-corrected chi connectivity index (χ1v) is 16.9. The van der Waals surface area contributed by atoms with Crippen LogP contribution in [0.1, 0.15) is 27.2 Å². The summed E-state index contributed by atoms with van der Waals surface area (Å²) >= 11 is 4.43. The first-order valence-electron chi connectivity index (χ1n) is 14.0. The Labute approximate surface area is 267 Å². The quantitative estimate of drug-likeness (QED) is 0.0775. The van der Waals surface area contributed by atoms with Gasteiger partial charge in [-0.1, -0.05) is 60.9 Å². The third kappa shape index (κ3) is 10.2. The molecule has 8 nitrogen and oxygen atoms in total. The highest BCUT2D eigenvalue weighted by Gasteiger charge is 2.19. The molecule has 0 bridgehead atoms. The minimum Gasteiger partial charge on any atom is -0.378 e. The minimum atomic E-state index is -0.109. The van der Waals surface area contributed by atoms with Gasteiger partial charge in [-0.3, -0.25) is 15.0 Å². The van der Waals surface area contributed by atoms with Crippen LogP contribution in [-0.4, -0.2) is 82.7 Å². The minimum absolute atomic E-state index is 0.0688. The molecule has 43 heavy (non-hydrogen) atoms. The third-order valence-corrected chi connectivity index (χ3v) is 10.2. The number of ether oxygens (including phenoxy) is 1. The number of carbonyl (C=O) groups is 2. The number of amidine groups is 1. The predicted molar refractivity (Wildman–Crippen MR) is 184 cm³/mol. The zero-order valence-corrected chi connectivity index (χ0v) is 27.8. The number of anilines is 1. The van der Waals surface area contributed by atoms with Gasteiger partial charge < -0.3 is 19.9 Å². The third-order valence-electron chi connectivity index (χ3n) is 6.81. The maximum absolute atomic E-state index is 12.8. The van der Waals surface area contributed by atoms with Crippen molar-refractivity contribution in [2.75, 3.05) is 50.2 Å². The Balaban J connectivity index is 1.51. The predicted octanol–water partition coefficient (Wildman–Crippen LogP) is 6.76. The van der Waals surface area contributed by atoms with Gasteiger partial charge in [-0.25, -0.2) is 4.98 Å². The molecule has 1 fully saturated rings. The van der Waals surface area contributed by atoms with Crippen molar-refractivity contribution in [1.29, 1.82) is 5.41 Å². The number of thiazole rings is 1. The van der Waals surface area contributed by atoms with Gasteiger partial charge in [0, 0.05) is 32.2 Å². The van der Waals surface area contributed by atoms with Crippen molar-refractivity contribution in [3.63, 3.8) is 0 Å². The number of nitrogens with zero attached hydrogens (tertiary/aromatic N) is 3. The molecule has 2 N–H and O–H groups in total. The van der Waals surface area contributed by atoms with Crippen molar-refractivity contribution in [2.45, 2.75) is 36.9 Å². The number of thioether (sulfide) groups is 2. The molecule has 1 atom stereocenters. The number of benzene rings is 1. The Morgan fingerprint density at radius 1 is 1.28 bits per heavy atom. The molecule has 0 radical (unpaired) electrons. The Morgan fingerprint density at radius 2 is 2.02 bits per heavy atom. The van der Waals surface area contributed by atoms with Crippen molar-refractivity contribution in [3.8, 4) is 0 Å². The van der Waals surface area contributed by atoms with Gasteiger partial charge in [0.15, 0.2) is 4.34 Å². The number of aromatic nitrogens is 1. The summed E-state index contributed by atoms with van der Waals surface area (Å²) < 4.78 is 7.10. The van der Waals surface area contributed by atoms with E-state index in [0.717, 1.165) is 31.3 Å². The fourth-order valence-corrected chi connectivity index (χ4v) is 7.17. The molecule has 2 amide bonds. The summed E-state index contributed by atoms with van der Waals surface area (Å²) in [6, 6.07) is 5.65. The van der Waals surface area contributed by atoms with Crippen LogP contribution >= 0.6 is 34.9 Å². The van der Waals surface area contributed by atoms with Crippen molar-refractivity contribution in [2.24, 2.45) is 0 Å². The number of hydrogen-bond donors (Lipinski definition) is 2. The first kappa shape index (κ1) is 34.4. The molecular weight excluding hydrogens is 599 g/mol. The molecule has 230 valence electrons. The van der Waals surface area contributed by atoms with Gasteiger partial charge in [-0.15, -0.1) is 23.1 Å². The van der Waals surface area contributed by atoms with E-state index in [2.05, 4.69) is 23.5 Å². The molecule has 0 saturated carbocycles. The van der Waals surface area contributed by atoms with E-state index < -0.39 is 0 Å². The van der Waals surface area contributed by atoms with Gasteiger partial charge in [0.2, 0.25) is 11.8 Å². The van der Waals surface area contributed by atoms with E-state index in [0.29, 0.717) is 50.0 Å². The molecule has 0 spiro atoms. The summed E-state index contributed by atoms with van der Waals surface area (Å²) in [5.74, 6) is 1.05. The number of nitrogens with one attached hydrogen (secondary N) is 2. The lowest BCUT2D eigenvalue weighted by molar-refractivity contribution is -0.132. The van der Waals surface area contributed by atoms with E-state index in [-0.39, 0.29) is 22.9 Å². The van der Waals surface area contributed by atoms with Crippen LogP contribution in [0.2, 0.25) is 0 Å². The fraction of sp³-hybridized carbons (Fsp3) is 0.375. The largest absolute Gasteiger partial charge is 0.378 e. The summed E-state index contributed by atoms with van der Waals surface area (Å²) in [6.07, 6.45) is 9.95. The number of fused-ring (bicyclic) bond motifs is 1. The lowest BCUT2D eigenvalue weighted by Gasteiger charge is -2.27. The van der Waals surface area contributed by atoms with E-state index in [4.69, 9.17) is 10.1 Å². The number of carbonyl (C=O) groups excluding carboxylic acids is 2. The van der Waals surface area contributed by atoms with E-state index in [1.54, 1.807) is 6.08 Å². The molecule has 1 aliphatic heterocycles. The fourth-order valence-electron chi connectivity index (χ4n) is 4.35. The van der Waals surface area contributed by atoms with Crippen LogP contribution < -0.4 is 5.32 Å². The van der Waals surface area contributed by atoms with E-state index in [9.17, 15) is 9.59 Å². The standard InChI is InChI=1S/C32H41N5O3S3/c1-7-10-24(11-8-2)26(9-3)22(4)18-29(33)36(6)23(5)41-20-30(38)34-25-12-13-27-28(19-25)43-32(35-27)42-21-31(39)37-14-16-40-17-15-37/h7-13,19,23,33H,1,3,14-18,20-21H2,2,4-6H3,(H,34,38)/b11-8-,24-10-,26-22+,33-29?. The van der Waals surface area contributed by atoms with Crippen LogP contribution in [0.3, 0.4) is 0 Å². The second kappa shape index (κ2) is 17.2. The van der Waals surface area contributed by atoms with Gasteiger partial charge in [0.25, 0.3) is 0 Å². The Hall–Kier alpha value is -3.12. The SMILES string of the molecule is C=C/C=C(/C=C\C)C(\C=C)=C(/C)CC(=N)N(C)C(C)SCC(=O)Nc1ccc2nc(SCC(=O)N3CCOCC3)sc2c1. The van der Waals surface area contributed by atoms with Crippen LogP contribution in [0.5, 0.6) is 0 Å². The summed E-state index contributed by atoms with van der Waals surface area (Å²) in [5.41, 5.74) is 4.58. The van der Waals surface area contributed by atoms with E-state index in [1.165, 1.54) is 34.9 Å². The van der Waals surface area contributed by atoms with E-state index >= 15 is 0 Å². The number of morpholine rings is 1. The number of amides is 2. The van der Waals surface area contributed by atoms with Crippen LogP contribution in [-0.2, 0) is 14.3 Å². The molecule has 1 aromatic heterocycles. The summed E-state index contributed by atoms with van der Waals surface area (Å²) in [4.78, 5) is 33.6. The highest BCUT2D eigenvalue weighted by atomic mass is 32.2. The highest BCUT2D eigenvalue weighted by Crippen LogP contribution is 2.31. The molecule has 1 unspecified atom stereocenters. The maximum Gasteiger partial charge on any atom is 0.234 e. The van der Waals surface area contributed by atoms with E-state index in [1.807, 2.05) is 80.1 Å². The van der Waals surface area contributed by atoms with Crippen molar-refractivity contribution in [3.05, 3.63) is 78.5 Å². The zero-order valence-electron chi connectivity index (χ0n) is 25.4. The number of allylic oxidation sites excluding steroid dienone is 7. The average Bonchev–Trinajstić information content (AvgIpc) is 3.41. The smallest absolute Gasteiger partial charge is 0.234 e. The van der Waals surface area contributed by atoms with Gasteiger partial charge in [-0.2, -0.15) is 0 Å². The Kier molecular flexibility index (Phi) is 13.8. The molecule has 1 aromatic carbocycles. The maximum atomic E-state index is 12.8. The second-order valence-electron chi connectivity index (χ2n) is 9.89. The Bertz CT molecular complexity index is 1420. The number of hydrogen-bond acceptors (Lipinski definition) is 8. The van der Waals surface area contributed by atoms with Gasteiger partial charge >= 0.3 is 0 Å². The van der Waals surface area contributed by atoms with Gasteiger partial charge in [-0.05, 0) is 50.1 Å². The summed E-state index contributed by atoms with van der Waals surface area (Å²) in [6.45, 7) is 16.2. The molecule has 0 aliphatic carbocycles. The molecule has 1 aliphatic rings. The average molecular weight is 640 g/mol. The van der Waals surface area contributed by atoms with Crippen LogP contribution in [0.15, 0.2) is 82.8 Å². The summed E-state index contributed by atoms with van der Waals surface area (Å²) in [5, 5.41) is 11.6. The van der Waals surface area contributed by atoms with Crippen molar-refractivity contribution >= 4 is 68.4 Å². The lowest BCUT2D eigenvalue weighted by Crippen LogP contribution is -2.41. The normalized spacial score (nSPS) is 15.3. The highest BCUT2D eigenvalue weighted by molar-refractivity contribution is 8.01. The summed E-state index contributed by atoms with van der Waals surface area (Å²) in [7, 11) is 1.88. The number of rotatable bonds is 14. The molecule has 2 heterocycles. The second-order valence-corrected chi connectivity index (χ2v) is 13.5. The van der Waals surface area contributed by atoms with Crippen LogP contribution in [0, 0.1) is 5.41 Å². The van der Waals surface area contributed by atoms with Gasteiger partial charge in [0.05, 0.1) is 40.3 Å². The van der Waals surface area contributed by atoms with Crippen molar-refractivity contribution in [1.82, 2.24) is 14.8 Å². The molecule has 11 heteroatoms. The molecular formula is C32H41N5O3S3. The van der Waals surface area contributed by atoms with Gasteiger partial charge in [0.1, 0.15) is 5.84 Å². The van der Waals surface area contributed by atoms with Crippen LogP contribution in [0.25, 0.3) is 10.2 Å². The molecule has 2 aromatic rings. The Morgan fingerprint density at radius 3 is 2.70 bits per heavy atom. The van der Waals surface area contributed by atoms with Crippen LogP contribution in [0.4, 0.5) is 5.69 Å². The topological polar surface area (TPSA) is 98.6 Å². The van der Waals surface area contributed by atoms with Crippen molar-refractivity contribution < 1.29 is 14.3 Å². The lowest BCUT2D eigenvalue weighted by atomic mass is 9.97.